The molecule has 1 fully saturated rings. The summed E-state index contributed by atoms with van der Waals surface area (Å²) in [5.74, 6) is -0.729. The predicted molar refractivity (Wildman–Crippen MR) is 66.9 cm³/mol. The number of amides is 1. The van der Waals surface area contributed by atoms with Crippen LogP contribution in [0.5, 0.6) is 0 Å². The van der Waals surface area contributed by atoms with E-state index < -0.39 is 11.9 Å². The molecule has 1 aromatic rings. The minimum atomic E-state index is -0.489. The Kier molecular flexibility index (Phi) is 3.97. The summed E-state index contributed by atoms with van der Waals surface area (Å²) in [5.41, 5.74) is 1.02. The molecule has 0 spiro atoms. The average Bonchev–Trinajstić information content (AvgIpc) is 2.31. The molecule has 0 heterocycles. The fourth-order valence-corrected chi connectivity index (χ4v) is 2.40. The topological polar surface area (TPSA) is 49.3 Å². The number of halogens is 1. The van der Waals surface area contributed by atoms with Gasteiger partial charge in [-0.3, -0.25) is 4.79 Å². The number of nitrogens with one attached hydrogen (secondary N) is 1. The molecular weight excluding hydrogens is 233 g/mol. The summed E-state index contributed by atoms with van der Waals surface area (Å²) in [6, 6.07) is 4.03. The van der Waals surface area contributed by atoms with Gasteiger partial charge in [0, 0.05) is 5.56 Å². The number of benzene rings is 1. The highest BCUT2D eigenvalue weighted by Gasteiger charge is 2.24. The Balaban J connectivity index is 2.06. The fraction of sp³-hybridized carbons (Fsp3) is 0.500. The van der Waals surface area contributed by atoms with Gasteiger partial charge in [0.15, 0.2) is 0 Å². The summed E-state index contributed by atoms with van der Waals surface area (Å²) in [7, 11) is 0. The molecule has 1 amide bonds. The third kappa shape index (κ3) is 3.07. The number of aliphatic hydroxyl groups excluding tert-OH is 1. The SMILES string of the molecule is Cc1cc(F)cc(C(=O)NC2CCCCC2O)c1. The first-order chi connectivity index (χ1) is 8.56. The van der Waals surface area contributed by atoms with Crippen LogP contribution in [0.1, 0.15) is 41.6 Å². The molecule has 1 aliphatic carbocycles. The highest BCUT2D eigenvalue weighted by molar-refractivity contribution is 5.94. The average molecular weight is 251 g/mol. The van der Waals surface area contributed by atoms with Crippen LogP contribution in [0.25, 0.3) is 0 Å². The van der Waals surface area contributed by atoms with E-state index in [1.54, 1.807) is 13.0 Å². The molecule has 0 aliphatic heterocycles. The van der Waals surface area contributed by atoms with E-state index in [0.717, 1.165) is 19.3 Å². The minimum absolute atomic E-state index is 0.213. The van der Waals surface area contributed by atoms with Crippen LogP contribution < -0.4 is 5.32 Å². The van der Waals surface area contributed by atoms with Crippen LogP contribution in [0.15, 0.2) is 18.2 Å². The molecule has 0 radical (unpaired) electrons. The molecule has 0 bridgehead atoms. The second-order valence-electron chi connectivity index (χ2n) is 4.95. The van der Waals surface area contributed by atoms with Crippen LogP contribution in [0.2, 0.25) is 0 Å². The zero-order chi connectivity index (χ0) is 13.1. The Morgan fingerprint density at radius 2 is 2.06 bits per heavy atom. The highest BCUT2D eigenvalue weighted by atomic mass is 19.1. The van der Waals surface area contributed by atoms with Gasteiger partial charge in [0.05, 0.1) is 12.1 Å². The molecule has 3 nitrogen and oxygen atoms in total. The standard InChI is InChI=1S/C14H18FNO2/c1-9-6-10(8-11(15)7-9)14(18)16-12-4-2-3-5-13(12)17/h6-8,12-13,17H,2-5H2,1H3,(H,16,18). The Hall–Kier alpha value is -1.42. The quantitative estimate of drug-likeness (QED) is 0.846. The van der Waals surface area contributed by atoms with E-state index in [1.807, 2.05) is 0 Å². The van der Waals surface area contributed by atoms with Crippen molar-refractivity contribution >= 4 is 5.91 Å². The monoisotopic (exact) mass is 251 g/mol. The van der Waals surface area contributed by atoms with Gasteiger partial charge < -0.3 is 10.4 Å². The summed E-state index contributed by atoms with van der Waals surface area (Å²) in [5, 5.41) is 12.6. The lowest BCUT2D eigenvalue weighted by atomic mass is 9.92. The number of hydrogen-bond donors (Lipinski definition) is 2. The third-order valence-electron chi connectivity index (χ3n) is 3.35. The van der Waals surface area contributed by atoms with Crippen LogP contribution in [-0.2, 0) is 0 Å². The number of carbonyl (C=O) groups excluding carboxylic acids is 1. The summed E-state index contributed by atoms with van der Waals surface area (Å²) >= 11 is 0. The molecular formula is C14H18FNO2. The fourth-order valence-electron chi connectivity index (χ4n) is 2.40. The van der Waals surface area contributed by atoms with Gasteiger partial charge in [0.2, 0.25) is 0 Å². The largest absolute Gasteiger partial charge is 0.391 e. The van der Waals surface area contributed by atoms with Crippen molar-refractivity contribution in [3.05, 3.63) is 35.1 Å². The van der Waals surface area contributed by atoms with Crippen LogP contribution in [0.3, 0.4) is 0 Å². The molecule has 2 unspecified atom stereocenters. The van der Waals surface area contributed by atoms with E-state index in [0.29, 0.717) is 17.5 Å². The highest BCUT2D eigenvalue weighted by Crippen LogP contribution is 2.19. The maximum Gasteiger partial charge on any atom is 0.251 e. The maximum atomic E-state index is 13.2. The Morgan fingerprint density at radius 3 is 2.72 bits per heavy atom. The number of aryl methyl sites for hydroxylation is 1. The van der Waals surface area contributed by atoms with E-state index in [-0.39, 0.29) is 11.9 Å². The third-order valence-corrected chi connectivity index (χ3v) is 3.35. The molecule has 0 saturated heterocycles. The van der Waals surface area contributed by atoms with Crippen LogP contribution in [-0.4, -0.2) is 23.2 Å². The van der Waals surface area contributed by atoms with Crippen molar-refractivity contribution in [2.75, 3.05) is 0 Å². The number of aliphatic hydroxyl groups is 1. The zero-order valence-electron chi connectivity index (χ0n) is 10.4. The lowest BCUT2D eigenvalue weighted by Gasteiger charge is -2.28. The first-order valence-electron chi connectivity index (χ1n) is 6.32. The first kappa shape index (κ1) is 13.0. The van der Waals surface area contributed by atoms with Gasteiger partial charge in [-0.15, -0.1) is 0 Å². The van der Waals surface area contributed by atoms with Crippen molar-refractivity contribution in [1.82, 2.24) is 5.32 Å². The van der Waals surface area contributed by atoms with Crippen molar-refractivity contribution in [2.45, 2.75) is 44.8 Å². The Bertz CT molecular complexity index is 427. The smallest absolute Gasteiger partial charge is 0.251 e. The van der Waals surface area contributed by atoms with Crippen LogP contribution >= 0.6 is 0 Å². The van der Waals surface area contributed by atoms with Crippen molar-refractivity contribution < 1.29 is 14.3 Å². The molecule has 1 aliphatic rings. The van der Waals surface area contributed by atoms with E-state index in [4.69, 9.17) is 0 Å². The Morgan fingerprint density at radius 1 is 1.33 bits per heavy atom. The second-order valence-corrected chi connectivity index (χ2v) is 4.95. The van der Waals surface area contributed by atoms with Crippen LogP contribution in [0, 0.1) is 12.7 Å². The van der Waals surface area contributed by atoms with Crippen molar-refractivity contribution in [3.8, 4) is 0 Å². The van der Waals surface area contributed by atoms with Gasteiger partial charge in [-0.05, 0) is 43.5 Å². The van der Waals surface area contributed by atoms with Gasteiger partial charge in [0.25, 0.3) is 5.91 Å². The maximum absolute atomic E-state index is 13.2. The zero-order valence-corrected chi connectivity index (χ0v) is 10.4. The van der Waals surface area contributed by atoms with E-state index >= 15 is 0 Å². The van der Waals surface area contributed by atoms with Crippen molar-refractivity contribution in [1.29, 1.82) is 0 Å². The lowest BCUT2D eigenvalue weighted by Crippen LogP contribution is -2.45. The van der Waals surface area contributed by atoms with Crippen molar-refractivity contribution in [2.24, 2.45) is 0 Å². The molecule has 4 heteroatoms. The van der Waals surface area contributed by atoms with Gasteiger partial charge >= 0.3 is 0 Å². The summed E-state index contributed by atoms with van der Waals surface area (Å²) < 4.78 is 13.2. The molecule has 2 atom stereocenters. The lowest BCUT2D eigenvalue weighted by molar-refractivity contribution is 0.0717. The van der Waals surface area contributed by atoms with Gasteiger partial charge in [0.1, 0.15) is 5.82 Å². The first-order valence-corrected chi connectivity index (χ1v) is 6.32. The summed E-state index contributed by atoms with van der Waals surface area (Å²) in [6.07, 6.45) is 3.00. The van der Waals surface area contributed by atoms with Gasteiger partial charge in [-0.2, -0.15) is 0 Å². The molecule has 18 heavy (non-hydrogen) atoms. The number of hydrogen-bond acceptors (Lipinski definition) is 2. The molecule has 2 N–H and O–H groups in total. The van der Waals surface area contributed by atoms with Crippen molar-refractivity contribution in [3.63, 3.8) is 0 Å². The Labute approximate surface area is 106 Å². The van der Waals surface area contributed by atoms with E-state index in [1.165, 1.54) is 12.1 Å². The van der Waals surface area contributed by atoms with Gasteiger partial charge in [-0.25, -0.2) is 4.39 Å². The minimum Gasteiger partial charge on any atom is -0.391 e. The summed E-state index contributed by atoms with van der Waals surface area (Å²) in [4.78, 5) is 12.0. The molecule has 0 aromatic heterocycles. The van der Waals surface area contributed by atoms with Crippen LogP contribution in [0.4, 0.5) is 4.39 Å². The molecule has 1 aromatic carbocycles. The number of rotatable bonds is 2. The second kappa shape index (κ2) is 5.48. The normalized spacial score (nSPS) is 23.7. The molecule has 2 rings (SSSR count). The van der Waals surface area contributed by atoms with E-state index in [9.17, 15) is 14.3 Å². The number of carbonyl (C=O) groups is 1. The predicted octanol–water partition coefficient (Wildman–Crippen LogP) is 2.17. The van der Waals surface area contributed by atoms with E-state index in [2.05, 4.69) is 5.32 Å². The van der Waals surface area contributed by atoms with Gasteiger partial charge in [-0.1, -0.05) is 12.8 Å². The molecule has 98 valence electrons. The summed E-state index contributed by atoms with van der Waals surface area (Å²) in [6.45, 7) is 1.75. The molecule has 1 saturated carbocycles.